The Morgan fingerprint density at radius 3 is 2.31 bits per heavy atom. The van der Waals surface area contributed by atoms with Crippen molar-refractivity contribution >= 4 is 12.1 Å². The molecule has 2 aromatic rings. The van der Waals surface area contributed by atoms with Crippen LogP contribution in [0.3, 0.4) is 0 Å². The maximum absolute atomic E-state index is 12.6. The first kappa shape index (κ1) is 15.4. The van der Waals surface area contributed by atoms with E-state index in [0.717, 1.165) is 35.1 Å². The zero-order valence-corrected chi connectivity index (χ0v) is 14.3. The molecule has 1 fully saturated rings. The number of hydrogen-bond donors (Lipinski definition) is 1. The van der Waals surface area contributed by atoms with Crippen LogP contribution in [0.25, 0.3) is 11.1 Å². The summed E-state index contributed by atoms with van der Waals surface area (Å²) in [6.07, 6.45) is 1.22. The van der Waals surface area contributed by atoms with Gasteiger partial charge in [-0.25, -0.2) is 9.59 Å². The van der Waals surface area contributed by atoms with Gasteiger partial charge in [-0.05, 0) is 41.5 Å². The highest BCUT2D eigenvalue weighted by Crippen LogP contribution is 2.44. The van der Waals surface area contributed by atoms with E-state index >= 15 is 0 Å². The summed E-state index contributed by atoms with van der Waals surface area (Å²) in [5.41, 5.74) is 4.01. The number of aliphatic carboxylic acids is 1. The van der Waals surface area contributed by atoms with Gasteiger partial charge in [-0.3, -0.25) is 4.90 Å². The fraction of sp³-hybridized carbons (Fsp3) is 0.333. The third kappa shape index (κ3) is 2.83. The van der Waals surface area contributed by atoms with Crippen molar-refractivity contribution in [1.29, 1.82) is 0 Å². The van der Waals surface area contributed by atoms with Crippen LogP contribution < -0.4 is 0 Å². The van der Waals surface area contributed by atoms with E-state index in [2.05, 4.69) is 0 Å². The average Bonchev–Trinajstić information content (AvgIpc) is 3.02. The molecule has 1 heterocycles. The number of fused-ring (bicyclic) bond motifs is 3. The monoisotopic (exact) mass is 352 g/mol. The summed E-state index contributed by atoms with van der Waals surface area (Å²) in [6.45, 7) is -0.793. The number of carbonyl (C=O) groups is 2. The van der Waals surface area contributed by atoms with E-state index in [0.29, 0.717) is 13.0 Å². The number of benzene rings is 2. The molecule has 1 aliphatic heterocycles. The number of ether oxygens (including phenoxy) is 1. The van der Waals surface area contributed by atoms with Gasteiger partial charge in [-0.2, -0.15) is 0 Å². The summed E-state index contributed by atoms with van der Waals surface area (Å²) >= 11 is 0. The van der Waals surface area contributed by atoms with Crippen LogP contribution in [0.2, 0.25) is 0 Å². The van der Waals surface area contributed by atoms with Gasteiger partial charge in [-0.1, -0.05) is 48.5 Å². The zero-order valence-electron chi connectivity index (χ0n) is 15.3. The summed E-state index contributed by atoms with van der Waals surface area (Å²) in [6, 6.07) is 14.8. The maximum atomic E-state index is 12.6. The molecule has 2 atom stereocenters. The molecular formula is C21H21NO4. The summed E-state index contributed by atoms with van der Waals surface area (Å²) in [5, 5.41) is 9.37. The van der Waals surface area contributed by atoms with Crippen LogP contribution in [-0.2, 0) is 9.53 Å². The Kier molecular flexibility index (Phi) is 4.05. The SMILES string of the molecule is [2H]C(OC(=O)N1CCCCC1C(=O)O)C1c2ccccc2-c2ccccc21. The van der Waals surface area contributed by atoms with Crippen molar-refractivity contribution in [1.82, 2.24) is 4.90 Å². The Bertz CT molecular complexity index is 838. The molecule has 0 radical (unpaired) electrons. The highest BCUT2D eigenvalue weighted by Gasteiger charge is 2.34. The normalized spacial score (nSPS) is 20.7. The molecule has 1 amide bonds. The second-order valence-electron chi connectivity index (χ2n) is 6.72. The third-order valence-electron chi connectivity index (χ3n) is 5.21. The Labute approximate surface area is 153 Å². The predicted octanol–water partition coefficient (Wildman–Crippen LogP) is 3.87. The molecule has 1 aliphatic carbocycles. The summed E-state index contributed by atoms with van der Waals surface area (Å²) in [4.78, 5) is 25.3. The van der Waals surface area contributed by atoms with Gasteiger partial charge in [0.2, 0.25) is 0 Å². The van der Waals surface area contributed by atoms with E-state index in [4.69, 9.17) is 6.11 Å². The summed E-state index contributed by atoms with van der Waals surface area (Å²) in [5.74, 6) is -1.40. The van der Waals surface area contributed by atoms with Gasteiger partial charge in [0.25, 0.3) is 0 Å². The second-order valence-corrected chi connectivity index (χ2v) is 6.72. The van der Waals surface area contributed by atoms with Gasteiger partial charge in [0.1, 0.15) is 12.6 Å². The minimum Gasteiger partial charge on any atom is -0.480 e. The van der Waals surface area contributed by atoms with Crippen LogP contribution in [0.1, 0.15) is 37.7 Å². The van der Waals surface area contributed by atoms with Crippen molar-refractivity contribution in [3.05, 3.63) is 59.7 Å². The number of carboxylic acids is 1. The lowest BCUT2D eigenvalue weighted by Gasteiger charge is -2.32. The molecule has 0 saturated carbocycles. The fourth-order valence-electron chi connectivity index (χ4n) is 3.94. The number of nitrogens with zero attached hydrogens (tertiary/aromatic N) is 1. The van der Waals surface area contributed by atoms with Gasteiger partial charge >= 0.3 is 12.1 Å². The highest BCUT2D eigenvalue weighted by atomic mass is 16.6. The average molecular weight is 352 g/mol. The first-order valence-corrected chi connectivity index (χ1v) is 8.88. The number of likely N-dealkylation sites (tertiary alicyclic amines) is 1. The number of rotatable bonds is 3. The van der Waals surface area contributed by atoms with Gasteiger partial charge in [-0.15, -0.1) is 0 Å². The van der Waals surface area contributed by atoms with Crippen LogP contribution >= 0.6 is 0 Å². The minimum atomic E-state index is -1.14. The molecule has 2 aliphatic rings. The van der Waals surface area contributed by atoms with Gasteiger partial charge < -0.3 is 9.84 Å². The molecule has 5 heteroatoms. The number of carbonyl (C=O) groups excluding carboxylic acids is 1. The lowest BCUT2D eigenvalue weighted by Crippen LogP contribution is -2.48. The van der Waals surface area contributed by atoms with Crippen molar-refractivity contribution < 1.29 is 20.8 Å². The van der Waals surface area contributed by atoms with Gasteiger partial charge in [0.05, 0.1) is 1.37 Å². The number of hydrogen-bond acceptors (Lipinski definition) is 3. The number of carboxylic acid groups (broad SMARTS) is 1. The molecule has 0 bridgehead atoms. The molecule has 1 N–H and O–H groups in total. The van der Waals surface area contributed by atoms with E-state index in [1.54, 1.807) is 0 Å². The van der Waals surface area contributed by atoms with E-state index in [-0.39, 0.29) is 5.92 Å². The van der Waals surface area contributed by atoms with Crippen molar-refractivity contribution in [2.75, 3.05) is 13.1 Å². The molecule has 1 saturated heterocycles. The lowest BCUT2D eigenvalue weighted by atomic mass is 9.98. The van der Waals surface area contributed by atoms with Crippen molar-refractivity contribution in [3.63, 3.8) is 0 Å². The van der Waals surface area contributed by atoms with Crippen molar-refractivity contribution in [2.24, 2.45) is 0 Å². The lowest BCUT2D eigenvalue weighted by molar-refractivity contribution is -0.143. The highest BCUT2D eigenvalue weighted by molar-refractivity contribution is 5.81. The van der Waals surface area contributed by atoms with Crippen molar-refractivity contribution in [2.45, 2.75) is 31.2 Å². The van der Waals surface area contributed by atoms with Gasteiger partial charge in [0, 0.05) is 12.5 Å². The molecule has 26 heavy (non-hydrogen) atoms. The molecule has 134 valence electrons. The Hall–Kier alpha value is -2.82. The van der Waals surface area contributed by atoms with E-state index in [9.17, 15) is 14.7 Å². The van der Waals surface area contributed by atoms with Crippen LogP contribution in [0, 0.1) is 0 Å². The molecule has 0 aromatic heterocycles. The van der Waals surface area contributed by atoms with E-state index < -0.39 is 24.7 Å². The number of piperidine rings is 1. The van der Waals surface area contributed by atoms with Crippen LogP contribution in [0.5, 0.6) is 0 Å². The summed E-state index contributed by atoms with van der Waals surface area (Å²) < 4.78 is 14.0. The largest absolute Gasteiger partial charge is 0.480 e. The molecular weight excluding hydrogens is 330 g/mol. The van der Waals surface area contributed by atoms with Crippen LogP contribution in [0.4, 0.5) is 4.79 Å². The topological polar surface area (TPSA) is 66.8 Å². The van der Waals surface area contributed by atoms with Gasteiger partial charge in [0.15, 0.2) is 0 Å². The van der Waals surface area contributed by atoms with E-state index in [1.807, 2.05) is 48.5 Å². The third-order valence-corrected chi connectivity index (χ3v) is 5.21. The first-order valence-electron chi connectivity index (χ1n) is 9.46. The van der Waals surface area contributed by atoms with Crippen LogP contribution in [0.15, 0.2) is 48.5 Å². The smallest absolute Gasteiger partial charge is 0.410 e. The predicted molar refractivity (Wildman–Crippen MR) is 97.0 cm³/mol. The van der Waals surface area contributed by atoms with E-state index in [1.165, 1.54) is 4.90 Å². The Morgan fingerprint density at radius 1 is 1.08 bits per heavy atom. The molecule has 5 nitrogen and oxygen atoms in total. The fourth-order valence-corrected chi connectivity index (χ4v) is 3.94. The second kappa shape index (κ2) is 6.83. The molecule has 2 unspecified atom stereocenters. The minimum absolute atomic E-state index is 0.348. The maximum Gasteiger partial charge on any atom is 0.410 e. The van der Waals surface area contributed by atoms with Crippen molar-refractivity contribution in [3.8, 4) is 11.1 Å². The Balaban J connectivity index is 1.59. The number of amides is 1. The Morgan fingerprint density at radius 2 is 1.69 bits per heavy atom. The quantitative estimate of drug-likeness (QED) is 0.910. The zero-order chi connectivity index (χ0) is 19.0. The van der Waals surface area contributed by atoms with Crippen LogP contribution in [-0.4, -0.2) is 41.2 Å². The summed E-state index contributed by atoms with van der Waals surface area (Å²) in [7, 11) is 0. The first-order chi connectivity index (χ1) is 13.1. The molecule has 4 rings (SSSR count). The molecule has 0 spiro atoms. The molecule has 2 aromatic carbocycles. The standard InChI is InChI=1S/C21H21NO4/c23-20(24)19-11-5-6-12-22(19)21(25)26-13-18-16-9-3-1-7-14(16)15-8-2-4-10-17(15)18/h1-4,7-10,18-19H,5-6,11-13H2,(H,23,24)/i13D.